The Kier molecular flexibility index (Phi) is 6.82. The number of aromatic nitrogens is 2. The topological polar surface area (TPSA) is 97.6 Å². The van der Waals surface area contributed by atoms with Gasteiger partial charge >= 0.3 is 0 Å². The third-order valence-corrected chi connectivity index (χ3v) is 7.38. The number of carbonyl (C=O) groups excluding carboxylic acids is 2. The summed E-state index contributed by atoms with van der Waals surface area (Å²) in [5, 5.41) is 9.81. The summed E-state index contributed by atoms with van der Waals surface area (Å²) in [6.45, 7) is 4.98. The molecule has 2 aliphatic heterocycles. The number of ether oxygens (including phenoxy) is 1. The molecule has 0 bridgehead atoms. The van der Waals surface area contributed by atoms with Crippen LogP contribution in [0.25, 0.3) is 11.3 Å². The van der Waals surface area contributed by atoms with E-state index in [0.717, 1.165) is 0 Å². The van der Waals surface area contributed by atoms with Gasteiger partial charge in [-0.05, 0) is 24.1 Å². The summed E-state index contributed by atoms with van der Waals surface area (Å²) in [4.78, 5) is 31.8. The maximum atomic E-state index is 14.9. The van der Waals surface area contributed by atoms with Crippen LogP contribution in [0.1, 0.15) is 35.3 Å². The van der Waals surface area contributed by atoms with Crippen LogP contribution in [0.3, 0.4) is 0 Å². The Labute approximate surface area is 235 Å². The van der Waals surface area contributed by atoms with Gasteiger partial charge in [0.2, 0.25) is 12.0 Å². The van der Waals surface area contributed by atoms with E-state index >= 15 is 0 Å². The van der Waals surface area contributed by atoms with Crippen molar-refractivity contribution in [2.24, 2.45) is 16.8 Å². The molecule has 2 N–H and O–H groups in total. The Hall–Kier alpha value is -4.86. The number of nitrogens with one attached hydrogen (secondary N) is 2. The molecule has 0 aliphatic carbocycles. The van der Waals surface area contributed by atoms with Gasteiger partial charge in [-0.15, -0.1) is 0 Å². The van der Waals surface area contributed by atoms with E-state index in [9.17, 15) is 18.4 Å². The normalized spacial score (nSPS) is 18.0. The lowest BCUT2D eigenvalue weighted by molar-refractivity contribution is -0.117. The van der Waals surface area contributed by atoms with Crippen molar-refractivity contribution in [3.8, 4) is 17.1 Å². The van der Waals surface area contributed by atoms with E-state index in [-0.39, 0.29) is 34.3 Å². The Bertz CT molecular complexity index is 1680. The van der Waals surface area contributed by atoms with Crippen molar-refractivity contribution >= 4 is 23.2 Å². The van der Waals surface area contributed by atoms with E-state index in [4.69, 9.17) is 4.74 Å². The summed E-state index contributed by atoms with van der Waals surface area (Å²) >= 11 is 0. The van der Waals surface area contributed by atoms with Crippen LogP contribution < -0.4 is 15.4 Å². The molecule has 3 heterocycles. The monoisotopic (exact) mass is 555 g/mol. The highest BCUT2D eigenvalue weighted by atomic mass is 19.1. The molecule has 3 aromatic carbocycles. The first-order valence-corrected chi connectivity index (χ1v) is 13.3. The number of anilines is 1. The second kappa shape index (κ2) is 10.6. The van der Waals surface area contributed by atoms with E-state index in [1.54, 1.807) is 47.1 Å². The average molecular weight is 556 g/mol. The van der Waals surface area contributed by atoms with Gasteiger partial charge in [-0.25, -0.2) is 18.5 Å². The number of fused-ring (bicyclic) bond motifs is 2. The van der Waals surface area contributed by atoms with E-state index < -0.39 is 29.6 Å². The molecule has 41 heavy (non-hydrogen) atoms. The van der Waals surface area contributed by atoms with Crippen LogP contribution in [0.4, 0.5) is 14.5 Å². The van der Waals surface area contributed by atoms with Crippen molar-refractivity contribution in [1.82, 2.24) is 15.1 Å². The summed E-state index contributed by atoms with van der Waals surface area (Å²) in [6.07, 6.45) is -1.43. The third kappa shape index (κ3) is 4.86. The van der Waals surface area contributed by atoms with Crippen molar-refractivity contribution in [3.05, 3.63) is 101 Å². The number of para-hydroxylation sites is 1. The fourth-order valence-corrected chi connectivity index (χ4v) is 5.04. The number of aliphatic imine (C=N–C) groups is 1. The van der Waals surface area contributed by atoms with Gasteiger partial charge in [0.25, 0.3) is 11.8 Å². The molecule has 0 radical (unpaired) electrons. The minimum absolute atomic E-state index is 0.00508. The molecule has 1 unspecified atom stereocenters. The van der Waals surface area contributed by atoms with Crippen molar-refractivity contribution in [3.63, 3.8) is 0 Å². The number of benzene rings is 3. The maximum absolute atomic E-state index is 14.9. The van der Waals surface area contributed by atoms with Crippen LogP contribution in [0, 0.1) is 23.5 Å². The lowest BCUT2D eigenvalue weighted by Gasteiger charge is -2.27. The van der Waals surface area contributed by atoms with Crippen LogP contribution in [-0.2, 0) is 11.3 Å². The van der Waals surface area contributed by atoms with Gasteiger partial charge in [0.05, 0.1) is 24.6 Å². The number of carbonyl (C=O) groups is 2. The summed E-state index contributed by atoms with van der Waals surface area (Å²) in [5.74, 6) is -2.02. The van der Waals surface area contributed by atoms with Gasteiger partial charge in [0, 0.05) is 22.6 Å². The van der Waals surface area contributed by atoms with E-state index in [0.29, 0.717) is 35.9 Å². The molecule has 1 aromatic heterocycles. The van der Waals surface area contributed by atoms with Gasteiger partial charge in [-0.1, -0.05) is 68.4 Å². The number of halogens is 2. The number of hydrogen-bond donors (Lipinski definition) is 2. The summed E-state index contributed by atoms with van der Waals surface area (Å²) in [5.41, 5.74) is 1.51. The summed E-state index contributed by atoms with van der Waals surface area (Å²) < 4.78 is 37.4. The molecular weight excluding hydrogens is 528 g/mol. The van der Waals surface area contributed by atoms with E-state index in [1.807, 2.05) is 6.07 Å². The Morgan fingerprint density at radius 2 is 1.71 bits per heavy atom. The number of rotatable bonds is 5. The quantitative estimate of drug-likeness (QED) is 0.361. The van der Waals surface area contributed by atoms with Crippen LogP contribution in [0.2, 0.25) is 0 Å². The molecule has 8 nitrogen and oxygen atoms in total. The lowest BCUT2D eigenvalue weighted by Crippen LogP contribution is -2.42. The van der Waals surface area contributed by atoms with Crippen LogP contribution >= 0.6 is 0 Å². The molecule has 2 atom stereocenters. The molecule has 0 saturated heterocycles. The zero-order chi connectivity index (χ0) is 28.7. The second-order valence-electron chi connectivity index (χ2n) is 10.4. The lowest BCUT2D eigenvalue weighted by atomic mass is 9.96. The first-order chi connectivity index (χ1) is 19.8. The molecule has 10 heteroatoms. The van der Waals surface area contributed by atoms with Gasteiger partial charge in [-0.3, -0.25) is 9.59 Å². The molecule has 4 aromatic rings. The van der Waals surface area contributed by atoms with Crippen molar-refractivity contribution in [1.29, 1.82) is 0 Å². The molecule has 0 fully saturated rings. The molecule has 0 saturated carbocycles. The molecule has 2 amide bonds. The molecule has 6 rings (SSSR count). The van der Waals surface area contributed by atoms with Gasteiger partial charge in [0.15, 0.2) is 0 Å². The first kappa shape index (κ1) is 26.4. The highest BCUT2D eigenvalue weighted by molar-refractivity contribution is 6.20. The fraction of sp³-hybridized carbons (Fsp3) is 0.226. The van der Waals surface area contributed by atoms with Crippen molar-refractivity contribution in [2.45, 2.75) is 26.6 Å². The highest BCUT2D eigenvalue weighted by Crippen LogP contribution is 2.36. The molecule has 208 valence electrons. The largest absolute Gasteiger partial charge is 0.477 e. The number of amides is 2. The molecule has 2 aliphatic rings. The predicted molar refractivity (Wildman–Crippen MR) is 150 cm³/mol. The SMILES string of the molecule is CC(C)C1COc2c(C(=O)N[C@H]3N=C(c4ccccc4)c4cccc(F)c4NC3=O)c(-c3ccccc3F)nn2C1. The van der Waals surface area contributed by atoms with E-state index in [2.05, 4.69) is 34.6 Å². The summed E-state index contributed by atoms with van der Waals surface area (Å²) in [6, 6.07) is 19.4. The van der Waals surface area contributed by atoms with E-state index in [1.165, 1.54) is 24.3 Å². The van der Waals surface area contributed by atoms with Crippen molar-refractivity contribution < 1.29 is 23.1 Å². The second-order valence-corrected chi connectivity index (χ2v) is 10.4. The minimum atomic E-state index is -1.43. The van der Waals surface area contributed by atoms with Crippen LogP contribution in [0.5, 0.6) is 5.88 Å². The molecule has 0 spiro atoms. The number of nitrogens with zero attached hydrogens (tertiary/aromatic N) is 3. The van der Waals surface area contributed by atoms with Gasteiger partial charge in [0.1, 0.15) is 22.9 Å². The predicted octanol–water partition coefficient (Wildman–Crippen LogP) is 5.04. The van der Waals surface area contributed by atoms with Crippen molar-refractivity contribution in [2.75, 3.05) is 11.9 Å². The summed E-state index contributed by atoms with van der Waals surface area (Å²) in [7, 11) is 0. The number of benzodiazepines with no additional fused rings is 1. The zero-order valence-corrected chi connectivity index (χ0v) is 22.4. The Balaban J connectivity index is 1.43. The van der Waals surface area contributed by atoms with Crippen LogP contribution in [-0.4, -0.2) is 40.1 Å². The minimum Gasteiger partial charge on any atom is -0.477 e. The van der Waals surface area contributed by atoms with Gasteiger partial charge in [-0.2, -0.15) is 5.10 Å². The molecular formula is C31H27F2N5O3. The number of hydrogen-bond acceptors (Lipinski definition) is 5. The fourth-order valence-electron chi connectivity index (χ4n) is 5.04. The standard InChI is InChI=1S/C31H27F2N5O3/c1-17(2)19-15-38-31(41-16-19)24(27(37-38)20-11-6-7-13-22(20)32)29(39)36-28-30(40)35-26-21(12-8-14-23(26)33)25(34-28)18-9-4-3-5-10-18/h3-14,17,19,28H,15-16H2,1-2H3,(H,35,40)(H,36,39)/t19?,28-/m1/s1. The first-order valence-electron chi connectivity index (χ1n) is 13.3. The Morgan fingerprint density at radius 3 is 2.46 bits per heavy atom. The van der Waals surface area contributed by atoms with Gasteiger partial charge < -0.3 is 15.4 Å². The average Bonchev–Trinajstić information content (AvgIpc) is 3.28. The Morgan fingerprint density at radius 1 is 1.00 bits per heavy atom. The third-order valence-electron chi connectivity index (χ3n) is 7.38. The zero-order valence-electron chi connectivity index (χ0n) is 22.4. The van der Waals surface area contributed by atoms with Crippen LogP contribution in [0.15, 0.2) is 77.8 Å². The smallest absolute Gasteiger partial charge is 0.269 e. The maximum Gasteiger partial charge on any atom is 0.269 e. The highest BCUT2D eigenvalue weighted by Gasteiger charge is 2.35.